The Kier molecular flexibility index (Phi) is 5.01. The minimum absolute atomic E-state index is 0.344. The molecule has 1 aromatic rings. The van der Waals surface area contributed by atoms with Gasteiger partial charge in [-0.05, 0) is 38.5 Å². The van der Waals surface area contributed by atoms with Gasteiger partial charge >= 0.3 is 5.97 Å². The third-order valence-electron chi connectivity index (χ3n) is 3.19. The van der Waals surface area contributed by atoms with Gasteiger partial charge in [-0.3, -0.25) is 0 Å². The van der Waals surface area contributed by atoms with Gasteiger partial charge < -0.3 is 4.74 Å². The lowest BCUT2D eigenvalue weighted by Crippen LogP contribution is -2.25. The molecular weight excluding hydrogens is 306 g/mol. The molecule has 0 atom stereocenters. The average Bonchev–Trinajstić information content (AvgIpc) is 2.75. The van der Waals surface area contributed by atoms with Crippen LogP contribution >= 0.6 is 22.9 Å². The molecule has 0 radical (unpaired) electrons. The van der Waals surface area contributed by atoms with E-state index in [4.69, 9.17) is 16.3 Å². The number of carbonyl (C=O) groups excluding carboxylic acids is 1. The normalized spacial score (nSPS) is 14.8. The zero-order chi connectivity index (χ0) is 15.5. The highest BCUT2D eigenvalue weighted by molar-refractivity contribution is 7.10. The summed E-state index contributed by atoms with van der Waals surface area (Å²) in [5.41, 5.74) is -0.440. The van der Waals surface area contributed by atoms with E-state index in [1.54, 1.807) is 6.08 Å². The molecule has 0 fully saturated rings. The summed E-state index contributed by atoms with van der Waals surface area (Å²) in [4.78, 5) is 16.2. The lowest BCUT2D eigenvalue weighted by atomic mass is 10.1. The fraction of sp³-hybridized carbons (Fsp3) is 0.375. The molecule has 0 saturated carbocycles. The number of aromatic nitrogens is 1. The lowest BCUT2D eigenvalue weighted by molar-refractivity contribution is -0.150. The molecule has 3 nitrogen and oxygen atoms in total. The van der Waals surface area contributed by atoms with Crippen LogP contribution in [0.1, 0.15) is 38.6 Å². The summed E-state index contributed by atoms with van der Waals surface area (Å²) < 4.78 is 6.43. The third kappa shape index (κ3) is 4.55. The number of hydrogen-bond donors (Lipinski definition) is 0. The van der Waals surface area contributed by atoms with Gasteiger partial charge in [0.2, 0.25) is 0 Å². The molecule has 1 aliphatic rings. The van der Waals surface area contributed by atoms with Crippen molar-refractivity contribution < 1.29 is 9.53 Å². The van der Waals surface area contributed by atoms with Crippen LogP contribution in [0, 0.1) is 0 Å². The van der Waals surface area contributed by atoms with Crippen LogP contribution in [0.3, 0.4) is 0 Å². The van der Waals surface area contributed by atoms with Gasteiger partial charge in [0, 0.05) is 17.5 Å². The number of hydrogen-bond acceptors (Lipinski definition) is 4. The molecule has 1 aliphatic carbocycles. The van der Waals surface area contributed by atoms with E-state index in [2.05, 4.69) is 4.98 Å². The molecule has 0 bridgehead atoms. The molecule has 21 heavy (non-hydrogen) atoms. The minimum Gasteiger partial charge on any atom is -0.457 e. The van der Waals surface area contributed by atoms with Crippen molar-refractivity contribution in [2.45, 2.75) is 39.2 Å². The summed E-state index contributed by atoms with van der Waals surface area (Å²) in [5, 5.41) is 2.46. The zero-order valence-electron chi connectivity index (χ0n) is 12.4. The van der Waals surface area contributed by atoms with Crippen LogP contribution in [0.25, 0.3) is 18.2 Å². The summed E-state index contributed by atoms with van der Waals surface area (Å²) in [7, 11) is 0. The number of allylic oxidation sites excluding steroid dienone is 2. The maximum Gasteiger partial charge on any atom is 0.331 e. The number of rotatable bonds is 4. The molecule has 0 amide bonds. The first-order chi connectivity index (χ1) is 9.89. The van der Waals surface area contributed by atoms with Crippen molar-refractivity contribution in [3.63, 3.8) is 0 Å². The van der Waals surface area contributed by atoms with Crippen LogP contribution in [0.5, 0.6) is 0 Å². The Bertz CT molecular complexity index is 713. The number of fused-ring (bicyclic) bond motifs is 1. The molecule has 0 aromatic carbocycles. The number of thiazole rings is 1. The van der Waals surface area contributed by atoms with Gasteiger partial charge in [0.05, 0.1) is 9.88 Å². The van der Waals surface area contributed by atoms with Crippen molar-refractivity contribution in [2.75, 3.05) is 0 Å². The second kappa shape index (κ2) is 6.58. The van der Waals surface area contributed by atoms with Crippen molar-refractivity contribution >= 4 is 47.1 Å². The number of ether oxygens (including phenoxy) is 1. The van der Waals surface area contributed by atoms with Gasteiger partial charge in [-0.1, -0.05) is 24.6 Å². The summed E-state index contributed by atoms with van der Waals surface area (Å²) in [5.74, 6) is -0.344. The topological polar surface area (TPSA) is 39.2 Å². The average molecular weight is 324 g/mol. The number of nitrogens with zero attached hydrogens (tertiary/aromatic N) is 1. The second-order valence-corrected chi connectivity index (χ2v) is 6.91. The van der Waals surface area contributed by atoms with Crippen molar-refractivity contribution in [1.82, 2.24) is 4.98 Å². The van der Waals surface area contributed by atoms with Gasteiger partial charge in [-0.25, -0.2) is 9.78 Å². The number of halogens is 1. The van der Waals surface area contributed by atoms with Crippen LogP contribution in [0.15, 0.2) is 17.2 Å². The van der Waals surface area contributed by atoms with E-state index in [0.29, 0.717) is 6.42 Å². The van der Waals surface area contributed by atoms with Crippen LogP contribution in [0.2, 0.25) is 0 Å². The predicted molar refractivity (Wildman–Crippen MR) is 88.3 cm³/mol. The van der Waals surface area contributed by atoms with Crippen LogP contribution in [0.4, 0.5) is 0 Å². The zero-order valence-corrected chi connectivity index (χ0v) is 13.9. The second-order valence-electron chi connectivity index (χ2n) is 5.36. The largest absolute Gasteiger partial charge is 0.457 e. The van der Waals surface area contributed by atoms with Crippen LogP contribution in [-0.2, 0) is 9.53 Å². The molecule has 0 unspecified atom stereocenters. The smallest absolute Gasteiger partial charge is 0.331 e. The quantitative estimate of drug-likeness (QED) is 0.631. The van der Waals surface area contributed by atoms with E-state index in [0.717, 1.165) is 26.3 Å². The van der Waals surface area contributed by atoms with E-state index in [1.807, 2.05) is 39.0 Å². The Balaban J connectivity index is 2.14. The number of esters is 1. The monoisotopic (exact) mass is 323 g/mol. The van der Waals surface area contributed by atoms with E-state index >= 15 is 0 Å². The molecule has 0 N–H and O–H groups in total. The maximum atomic E-state index is 11.8. The molecule has 1 aromatic heterocycles. The van der Waals surface area contributed by atoms with Gasteiger partial charge in [0.25, 0.3) is 0 Å². The van der Waals surface area contributed by atoms with Crippen molar-refractivity contribution in [3.05, 3.63) is 32.1 Å². The fourth-order valence-corrected chi connectivity index (χ4v) is 2.67. The van der Waals surface area contributed by atoms with Gasteiger partial charge in [-0.15, -0.1) is 11.3 Å². The summed E-state index contributed by atoms with van der Waals surface area (Å²) in [6.45, 7) is 5.77. The summed E-state index contributed by atoms with van der Waals surface area (Å²) >= 11 is 7.52. The highest BCUT2D eigenvalue weighted by Gasteiger charge is 2.18. The van der Waals surface area contributed by atoms with Gasteiger partial charge in [-0.2, -0.15) is 0 Å². The predicted octanol–water partition coefficient (Wildman–Crippen LogP) is 2.98. The summed E-state index contributed by atoms with van der Waals surface area (Å²) in [6, 6.07) is 0. The van der Waals surface area contributed by atoms with Gasteiger partial charge in [0.1, 0.15) is 10.6 Å². The molecule has 0 aliphatic heterocycles. The van der Waals surface area contributed by atoms with Crippen LogP contribution in [-0.4, -0.2) is 16.6 Å². The third-order valence-corrected chi connectivity index (χ3v) is 4.50. The Morgan fingerprint density at radius 2 is 2.29 bits per heavy atom. The van der Waals surface area contributed by atoms with Crippen LogP contribution < -0.4 is 9.88 Å². The molecule has 2 rings (SSSR count). The standard InChI is InChI=1S/C16H18ClNO2S/c1-4-16(2,3)20-15(19)10-9-14-18-12-7-5-11(17)6-8-13(12)21-14/h5,7-10H,4,6H2,1-3H3/b10-9+. The fourth-order valence-electron chi connectivity index (χ4n) is 1.64. The Morgan fingerprint density at radius 1 is 1.52 bits per heavy atom. The minimum atomic E-state index is -0.440. The maximum absolute atomic E-state index is 11.8. The number of carbonyl (C=O) groups is 1. The first kappa shape index (κ1) is 16.0. The van der Waals surface area contributed by atoms with Crippen molar-refractivity contribution in [1.29, 1.82) is 0 Å². The van der Waals surface area contributed by atoms with E-state index in [1.165, 1.54) is 17.4 Å². The van der Waals surface area contributed by atoms with E-state index < -0.39 is 5.60 Å². The molecule has 1 heterocycles. The Morgan fingerprint density at radius 3 is 3.00 bits per heavy atom. The van der Waals surface area contributed by atoms with Crippen molar-refractivity contribution in [3.8, 4) is 0 Å². The van der Waals surface area contributed by atoms with Gasteiger partial charge in [0.15, 0.2) is 0 Å². The molecule has 0 spiro atoms. The first-order valence-electron chi connectivity index (χ1n) is 6.84. The Labute approximate surface area is 133 Å². The first-order valence-corrected chi connectivity index (χ1v) is 8.03. The highest BCUT2D eigenvalue weighted by atomic mass is 35.5. The molecule has 112 valence electrons. The molecule has 0 saturated heterocycles. The SMILES string of the molecule is CCC(C)(C)OC(=O)/C=C/c1nc2c(s1)=CCC(Cl)=CC=2. The highest BCUT2D eigenvalue weighted by Crippen LogP contribution is 2.14. The van der Waals surface area contributed by atoms with Crippen molar-refractivity contribution in [2.24, 2.45) is 0 Å². The van der Waals surface area contributed by atoms with E-state index in [-0.39, 0.29) is 5.97 Å². The Hall–Kier alpha value is -1.39. The summed E-state index contributed by atoms with van der Waals surface area (Å²) in [6.07, 6.45) is 10.4. The lowest BCUT2D eigenvalue weighted by Gasteiger charge is -2.22. The van der Waals surface area contributed by atoms with E-state index in [9.17, 15) is 4.79 Å². The molecular formula is C16H18ClNO2S. The molecule has 5 heteroatoms.